The van der Waals surface area contributed by atoms with E-state index in [0.717, 1.165) is 26.9 Å². The van der Waals surface area contributed by atoms with Gasteiger partial charge in [-0.25, -0.2) is 4.79 Å². The van der Waals surface area contributed by atoms with Crippen LogP contribution in [0.5, 0.6) is 0 Å². The van der Waals surface area contributed by atoms with Crippen molar-refractivity contribution in [1.29, 1.82) is 5.26 Å². The summed E-state index contributed by atoms with van der Waals surface area (Å²) >= 11 is 2.20. The summed E-state index contributed by atoms with van der Waals surface area (Å²) in [6.07, 6.45) is 2.39. The highest BCUT2D eigenvalue weighted by Gasteiger charge is 2.13. The van der Waals surface area contributed by atoms with Crippen LogP contribution in [0, 0.1) is 22.0 Å². The van der Waals surface area contributed by atoms with Crippen LogP contribution in [0.4, 0.5) is 0 Å². The first kappa shape index (κ1) is 13.8. The van der Waals surface area contributed by atoms with Crippen molar-refractivity contribution in [1.82, 2.24) is 4.98 Å². The predicted molar refractivity (Wildman–Crippen MR) is 73.2 cm³/mol. The summed E-state index contributed by atoms with van der Waals surface area (Å²) in [5.74, 6) is -0.614. The third-order valence-electron chi connectivity index (χ3n) is 2.52. The van der Waals surface area contributed by atoms with E-state index in [1.807, 2.05) is 19.9 Å². The van der Waals surface area contributed by atoms with Crippen LogP contribution < -0.4 is 0 Å². The average Bonchev–Trinajstić information content (AvgIpc) is 2.60. The summed E-state index contributed by atoms with van der Waals surface area (Å²) in [5, 5.41) is 8.89. The molecule has 1 N–H and O–H groups in total. The maximum atomic E-state index is 11.3. The molecule has 90 valence electrons. The van der Waals surface area contributed by atoms with Gasteiger partial charge in [0.15, 0.2) is 0 Å². The third-order valence-corrected chi connectivity index (χ3v) is 3.60. The zero-order valence-electron chi connectivity index (χ0n) is 9.93. The average molecular weight is 344 g/mol. The summed E-state index contributed by atoms with van der Waals surface area (Å²) in [6.45, 7) is 4.05. The molecule has 1 aromatic rings. The number of nitrogens with one attached hydrogen (secondary N) is 1. The molecule has 1 aromatic heterocycles. The highest BCUT2D eigenvalue weighted by Crippen LogP contribution is 2.22. The Hall–Kier alpha value is -1.29. The van der Waals surface area contributed by atoms with Crippen LogP contribution in [0.25, 0.3) is 6.08 Å². The maximum absolute atomic E-state index is 11.3. The van der Waals surface area contributed by atoms with Gasteiger partial charge < -0.3 is 9.72 Å². The summed E-state index contributed by atoms with van der Waals surface area (Å²) in [5.41, 5.74) is 3.07. The van der Waals surface area contributed by atoms with Crippen molar-refractivity contribution in [3.63, 3.8) is 0 Å². The smallest absolute Gasteiger partial charge is 0.348 e. The van der Waals surface area contributed by atoms with Gasteiger partial charge in [0.2, 0.25) is 0 Å². The summed E-state index contributed by atoms with van der Waals surface area (Å²) in [6, 6.07) is 1.85. The number of aromatic amines is 1. The van der Waals surface area contributed by atoms with E-state index in [2.05, 4.69) is 32.3 Å². The second kappa shape index (κ2) is 5.87. The van der Waals surface area contributed by atoms with Crippen molar-refractivity contribution in [3.05, 3.63) is 26.1 Å². The van der Waals surface area contributed by atoms with Gasteiger partial charge in [0.25, 0.3) is 0 Å². The number of methoxy groups -OCH3 is 1. The first-order valence-corrected chi connectivity index (χ1v) is 6.20. The lowest BCUT2D eigenvalue weighted by molar-refractivity contribution is -0.135. The highest BCUT2D eigenvalue weighted by atomic mass is 127. The Kier molecular flexibility index (Phi) is 4.75. The zero-order valence-corrected chi connectivity index (χ0v) is 12.1. The molecule has 0 saturated heterocycles. The lowest BCUT2D eigenvalue weighted by Crippen LogP contribution is -2.03. The second-order valence-corrected chi connectivity index (χ2v) is 4.55. The van der Waals surface area contributed by atoms with Crippen molar-refractivity contribution in [2.24, 2.45) is 0 Å². The minimum atomic E-state index is -0.614. The number of nitriles is 1. The molecule has 0 fully saturated rings. The molecular formula is C12H13IN2O2. The lowest BCUT2D eigenvalue weighted by atomic mass is 10.1. The molecule has 0 spiro atoms. The Morgan fingerprint density at radius 1 is 1.65 bits per heavy atom. The van der Waals surface area contributed by atoms with Gasteiger partial charge >= 0.3 is 5.97 Å². The number of rotatable bonds is 3. The Bertz CT molecular complexity index is 509. The van der Waals surface area contributed by atoms with Gasteiger partial charge in [-0.3, -0.25) is 0 Å². The van der Waals surface area contributed by atoms with Gasteiger partial charge in [-0.2, -0.15) is 5.26 Å². The number of nitrogens with zero attached hydrogens (tertiary/aromatic N) is 1. The highest BCUT2D eigenvalue weighted by molar-refractivity contribution is 14.1. The fourth-order valence-electron chi connectivity index (χ4n) is 1.59. The summed E-state index contributed by atoms with van der Waals surface area (Å²) in [7, 11) is 1.26. The standard InChI is InChI=1S/C12H13IN2O2/c1-4-9-7(2)11(13)15-10(9)5-8(6-14)12(16)17-3/h5,15H,4H2,1-3H3/b8-5+. The second-order valence-electron chi connectivity index (χ2n) is 3.47. The molecule has 0 saturated carbocycles. The maximum Gasteiger partial charge on any atom is 0.348 e. The molecular weight excluding hydrogens is 331 g/mol. The number of hydrogen-bond acceptors (Lipinski definition) is 3. The fraction of sp³-hybridized carbons (Fsp3) is 0.333. The molecule has 0 unspecified atom stereocenters. The van der Waals surface area contributed by atoms with Gasteiger partial charge in [0.1, 0.15) is 11.6 Å². The van der Waals surface area contributed by atoms with Crippen molar-refractivity contribution in [2.45, 2.75) is 20.3 Å². The number of halogens is 1. The molecule has 5 heteroatoms. The quantitative estimate of drug-likeness (QED) is 0.397. The Morgan fingerprint density at radius 3 is 2.76 bits per heavy atom. The van der Waals surface area contributed by atoms with Crippen molar-refractivity contribution in [3.8, 4) is 6.07 Å². The van der Waals surface area contributed by atoms with E-state index >= 15 is 0 Å². The Morgan fingerprint density at radius 2 is 2.29 bits per heavy atom. The number of carbonyl (C=O) groups is 1. The van der Waals surface area contributed by atoms with E-state index < -0.39 is 5.97 Å². The Labute approximate surface area is 114 Å². The van der Waals surface area contributed by atoms with Crippen LogP contribution in [0.15, 0.2) is 5.57 Å². The van der Waals surface area contributed by atoms with E-state index in [1.54, 1.807) is 6.08 Å². The lowest BCUT2D eigenvalue weighted by Gasteiger charge is -1.99. The predicted octanol–water partition coefficient (Wildman–Crippen LogP) is 2.57. The number of ether oxygens (including phenoxy) is 1. The van der Waals surface area contributed by atoms with Crippen molar-refractivity contribution in [2.75, 3.05) is 7.11 Å². The van der Waals surface area contributed by atoms with Crippen molar-refractivity contribution < 1.29 is 9.53 Å². The third kappa shape index (κ3) is 2.88. The van der Waals surface area contributed by atoms with Crippen LogP contribution in [0.3, 0.4) is 0 Å². The van der Waals surface area contributed by atoms with E-state index in [-0.39, 0.29) is 5.57 Å². The first-order chi connectivity index (χ1) is 8.04. The number of carbonyl (C=O) groups excluding carboxylic acids is 1. The molecule has 0 atom stereocenters. The molecule has 0 amide bonds. The molecule has 4 nitrogen and oxygen atoms in total. The topological polar surface area (TPSA) is 65.9 Å². The van der Waals surface area contributed by atoms with Gasteiger partial charge in [-0.05, 0) is 53.1 Å². The van der Waals surface area contributed by atoms with Gasteiger partial charge in [0, 0.05) is 5.69 Å². The summed E-state index contributed by atoms with van der Waals surface area (Å²) < 4.78 is 5.56. The molecule has 0 aliphatic rings. The van der Waals surface area contributed by atoms with Gasteiger partial charge in [0.05, 0.1) is 10.8 Å². The normalized spacial score (nSPS) is 11.1. The number of H-pyrrole nitrogens is 1. The summed E-state index contributed by atoms with van der Waals surface area (Å²) in [4.78, 5) is 14.5. The number of esters is 1. The molecule has 0 aliphatic carbocycles. The SMILES string of the molecule is CCc1c(/C=C(\C#N)C(=O)OC)[nH]c(I)c1C. The molecule has 0 aliphatic heterocycles. The van der Waals surface area contributed by atoms with Crippen LogP contribution in [-0.4, -0.2) is 18.1 Å². The van der Waals surface area contributed by atoms with Gasteiger partial charge in [-0.15, -0.1) is 0 Å². The van der Waals surface area contributed by atoms with Crippen LogP contribution >= 0.6 is 22.6 Å². The minimum Gasteiger partial charge on any atom is -0.465 e. The zero-order chi connectivity index (χ0) is 13.0. The van der Waals surface area contributed by atoms with E-state index in [0.29, 0.717) is 0 Å². The van der Waals surface area contributed by atoms with E-state index in [4.69, 9.17) is 5.26 Å². The monoisotopic (exact) mass is 344 g/mol. The van der Waals surface area contributed by atoms with Gasteiger partial charge in [-0.1, -0.05) is 6.92 Å². The molecule has 1 heterocycles. The molecule has 17 heavy (non-hydrogen) atoms. The molecule has 1 rings (SSSR count). The first-order valence-electron chi connectivity index (χ1n) is 5.12. The van der Waals surface area contributed by atoms with Crippen LogP contribution in [0.2, 0.25) is 0 Å². The number of aromatic nitrogens is 1. The fourth-order valence-corrected chi connectivity index (χ4v) is 2.21. The van der Waals surface area contributed by atoms with E-state index in [9.17, 15) is 4.79 Å². The minimum absolute atomic E-state index is 0.000139. The molecule has 0 bridgehead atoms. The Balaban J connectivity index is 3.26. The van der Waals surface area contributed by atoms with Crippen molar-refractivity contribution >= 4 is 34.6 Å². The van der Waals surface area contributed by atoms with E-state index in [1.165, 1.54) is 7.11 Å². The largest absolute Gasteiger partial charge is 0.465 e. The van der Waals surface area contributed by atoms with Crippen LogP contribution in [0.1, 0.15) is 23.7 Å². The molecule has 0 aromatic carbocycles. The molecule has 0 radical (unpaired) electrons. The number of hydrogen-bond donors (Lipinski definition) is 1. The van der Waals surface area contributed by atoms with Crippen LogP contribution in [-0.2, 0) is 16.0 Å².